The molecule has 2 heterocycles. The molecule has 1 aromatic rings. The van der Waals surface area contributed by atoms with Crippen LogP contribution < -0.4 is 11.1 Å². The van der Waals surface area contributed by atoms with Gasteiger partial charge in [0.2, 0.25) is 5.91 Å². The Balaban J connectivity index is 1.62. The average molecular weight is 270 g/mol. The number of nitrogens with zero attached hydrogens (tertiary/aromatic N) is 2. The van der Waals surface area contributed by atoms with E-state index in [1.165, 1.54) is 11.3 Å². The van der Waals surface area contributed by atoms with Crippen LogP contribution in [-0.2, 0) is 16.0 Å². The quantitative estimate of drug-likeness (QED) is 0.769. The van der Waals surface area contributed by atoms with Crippen LogP contribution in [-0.4, -0.2) is 55.2 Å². The minimum atomic E-state index is -0.00596. The number of nitrogens with one attached hydrogen (secondary N) is 1. The third-order valence-electron chi connectivity index (χ3n) is 2.77. The van der Waals surface area contributed by atoms with E-state index < -0.39 is 0 Å². The summed E-state index contributed by atoms with van der Waals surface area (Å²) in [5.74, 6) is -0.00596. The Labute approximate surface area is 110 Å². The first-order valence-corrected chi connectivity index (χ1v) is 6.88. The molecule has 1 aromatic heterocycles. The standard InChI is InChI=1S/C11H18N4O2S/c12-11-14-9(8-18-11)7-10(16)13-1-2-15-3-5-17-6-4-15/h8H,1-7H2,(H2,12,14)(H,13,16). The molecule has 1 amide bonds. The highest BCUT2D eigenvalue weighted by molar-refractivity contribution is 7.13. The zero-order valence-corrected chi connectivity index (χ0v) is 11.0. The van der Waals surface area contributed by atoms with E-state index in [0.29, 0.717) is 18.1 Å². The molecule has 0 aliphatic carbocycles. The second-order valence-electron chi connectivity index (χ2n) is 4.16. The highest BCUT2D eigenvalue weighted by Gasteiger charge is 2.10. The van der Waals surface area contributed by atoms with Gasteiger partial charge in [0, 0.05) is 31.6 Å². The number of morpholine rings is 1. The predicted molar refractivity (Wildman–Crippen MR) is 70.5 cm³/mol. The molecule has 3 N–H and O–H groups in total. The summed E-state index contributed by atoms with van der Waals surface area (Å²) in [5.41, 5.74) is 6.25. The highest BCUT2D eigenvalue weighted by atomic mass is 32.1. The summed E-state index contributed by atoms with van der Waals surface area (Å²) in [6.07, 6.45) is 0.302. The lowest BCUT2D eigenvalue weighted by Crippen LogP contribution is -2.41. The third-order valence-corrected chi connectivity index (χ3v) is 3.49. The molecule has 6 nitrogen and oxygen atoms in total. The largest absolute Gasteiger partial charge is 0.379 e. The fraction of sp³-hybridized carbons (Fsp3) is 0.636. The number of hydrogen-bond donors (Lipinski definition) is 2. The Morgan fingerprint density at radius 1 is 1.56 bits per heavy atom. The zero-order chi connectivity index (χ0) is 12.8. The van der Waals surface area contributed by atoms with Gasteiger partial charge in [-0.2, -0.15) is 0 Å². The molecule has 0 aromatic carbocycles. The second-order valence-corrected chi connectivity index (χ2v) is 5.05. The van der Waals surface area contributed by atoms with Crippen molar-refractivity contribution in [1.82, 2.24) is 15.2 Å². The minimum Gasteiger partial charge on any atom is -0.379 e. The fourth-order valence-corrected chi connectivity index (χ4v) is 2.37. The molecule has 1 saturated heterocycles. The van der Waals surface area contributed by atoms with Gasteiger partial charge in [-0.25, -0.2) is 4.98 Å². The molecule has 100 valence electrons. The van der Waals surface area contributed by atoms with Gasteiger partial charge >= 0.3 is 0 Å². The molecule has 1 fully saturated rings. The van der Waals surface area contributed by atoms with Gasteiger partial charge in [-0.15, -0.1) is 11.3 Å². The zero-order valence-electron chi connectivity index (χ0n) is 10.2. The highest BCUT2D eigenvalue weighted by Crippen LogP contribution is 2.11. The topological polar surface area (TPSA) is 80.5 Å². The van der Waals surface area contributed by atoms with E-state index >= 15 is 0 Å². The number of ether oxygens (including phenoxy) is 1. The van der Waals surface area contributed by atoms with Crippen molar-refractivity contribution in [2.75, 3.05) is 45.1 Å². The molecule has 18 heavy (non-hydrogen) atoms. The van der Waals surface area contributed by atoms with Crippen molar-refractivity contribution in [2.45, 2.75) is 6.42 Å². The van der Waals surface area contributed by atoms with Crippen molar-refractivity contribution in [3.8, 4) is 0 Å². The molecular weight excluding hydrogens is 252 g/mol. The number of hydrogen-bond acceptors (Lipinski definition) is 6. The van der Waals surface area contributed by atoms with Crippen molar-refractivity contribution in [1.29, 1.82) is 0 Å². The van der Waals surface area contributed by atoms with Crippen LogP contribution in [0.25, 0.3) is 0 Å². The van der Waals surface area contributed by atoms with Crippen LogP contribution in [0.5, 0.6) is 0 Å². The summed E-state index contributed by atoms with van der Waals surface area (Å²) in [5, 5.41) is 5.21. The van der Waals surface area contributed by atoms with Gasteiger partial charge in [-0.05, 0) is 0 Å². The Bertz CT molecular complexity index is 390. The van der Waals surface area contributed by atoms with E-state index in [4.69, 9.17) is 10.5 Å². The summed E-state index contributed by atoms with van der Waals surface area (Å²) >= 11 is 1.36. The smallest absolute Gasteiger partial charge is 0.226 e. The third kappa shape index (κ3) is 4.25. The number of amides is 1. The first kappa shape index (κ1) is 13.3. The number of rotatable bonds is 5. The molecule has 1 aliphatic rings. The number of carbonyl (C=O) groups excluding carboxylic acids is 1. The lowest BCUT2D eigenvalue weighted by molar-refractivity contribution is -0.120. The van der Waals surface area contributed by atoms with E-state index in [2.05, 4.69) is 15.2 Å². The number of nitrogens with two attached hydrogens (primary N) is 1. The van der Waals surface area contributed by atoms with Gasteiger partial charge in [0.05, 0.1) is 25.3 Å². The van der Waals surface area contributed by atoms with Crippen LogP contribution in [0.2, 0.25) is 0 Å². The maximum Gasteiger partial charge on any atom is 0.226 e. The van der Waals surface area contributed by atoms with E-state index in [0.717, 1.165) is 38.5 Å². The lowest BCUT2D eigenvalue weighted by atomic mass is 10.3. The van der Waals surface area contributed by atoms with Gasteiger partial charge in [0.1, 0.15) is 0 Å². The molecule has 0 atom stereocenters. The summed E-state index contributed by atoms with van der Waals surface area (Å²) < 4.78 is 5.26. The van der Waals surface area contributed by atoms with Crippen LogP contribution in [0.15, 0.2) is 5.38 Å². The van der Waals surface area contributed by atoms with Crippen molar-refractivity contribution in [3.63, 3.8) is 0 Å². The molecule has 0 unspecified atom stereocenters. The summed E-state index contributed by atoms with van der Waals surface area (Å²) in [6.45, 7) is 4.99. The summed E-state index contributed by atoms with van der Waals surface area (Å²) in [4.78, 5) is 18.0. The monoisotopic (exact) mass is 270 g/mol. The minimum absolute atomic E-state index is 0.00596. The number of nitrogen functional groups attached to an aromatic ring is 1. The number of aromatic nitrogens is 1. The molecule has 1 aliphatic heterocycles. The van der Waals surface area contributed by atoms with E-state index in [-0.39, 0.29) is 5.91 Å². The van der Waals surface area contributed by atoms with Crippen molar-refractivity contribution >= 4 is 22.4 Å². The van der Waals surface area contributed by atoms with Gasteiger partial charge in [0.25, 0.3) is 0 Å². The van der Waals surface area contributed by atoms with Gasteiger partial charge in [0.15, 0.2) is 5.13 Å². The van der Waals surface area contributed by atoms with E-state index in [9.17, 15) is 4.79 Å². The fourth-order valence-electron chi connectivity index (χ4n) is 1.81. The van der Waals surface area contributed by atoms with Crippen molar-refractivity contribution in [3.05, 3.63) is 11.1 Å². The van der Waals surface area contributed by atoms with Crippen LogP contribution in [0.4, 0.5) is 5.13 Å². The molecule has 2 rings (SSSR count). The average Bonchev–Trinajstić information content (AvgIpc) is 2.76. The molecular formula is C11H18N4O2S. The Morgan fingerprint density at radius 3 is 3.00 bits per heavy atom. The van der Waals surface area contributed by atoms with Crippen molar-refractivity contribution in [2.24, 2.45) is 0 Å². The molecule has 0 spiro atoms. The molecule has 0 radical (unpaired) electrons. The summed E-state index contributed by atoms with van der Waals surface area (Å²) in [6, 6.07) is 0. The number of carbonyl (C=O) groups is 1. The molecule has 7 heteroatoms. The van der Waals surface area contributed by atoms with Crippen LogP contribution >= 0.6 is 11.3 Å². The van der Waals surface area contributed by atoms with E-state index in [1.807, 2.05) is 5.38 Å². The Morgan fingerprint density at radius 2 is 2.33 bits per heavy atom. The van der Waals surface area contributed by atoms with E-state index in [1.54, 1.807) is 0 Å². The van der Waals surface area contributed by atoms with Crippen LogP contribution in [0, 0.1) is 0 Å². The number of thiazole rings is 1. The Hall–Kier alpha value is -1.18. The Kier molecular flexibility index (Phi) is 4.91. The normalized spacial score (nSPS) is 16.7. The second kappa shape index (κ2) is 6.67. The summed E-state index contributed by atoms with van der Waals surface area (Å²) in [7, 11) is 0. The van der Waals surface area contributed by atoms with Crippen molar-refractivity contribution < 1.29 is 9.53 Å². The molecule has 0 saturated carbocycles. The van der Waals surface area contributed by atoms with Crippen LogP contribution in [0.3, 0.4) is 0 Å². The van der Waals surface area contributed by atoms with Gasteiger partial charge in [-0.3, -0.25) is 9.69 Å². The maximum atomic E-state index is 11.6. The SMILES string of the molecule is Nc1nc(CC(=O)NCCN2CCOCC2)cs1. The lowest BCUT2D eigenvalue weighted by Gasteiger charge is -2.26. The molecule has 0 bridgehead atoms. The first-order chi connectivity index (χ1) is 8.74. The predicted octanol–water partition coefficient (Wildman–Crippen LogP) is -0.284. The van der Waals surface area contributed by atoms with Gasteiger partial charge < -0.3 is 15.8 Å². The number of anilines is 1. The van der Waals surface area contributed by atoms with Crippen LogP contribution in [0.1, 0.15) is 5.69 Å². The first-order valence-electron chi connectivity index (χ1n) is 6.01. The van der Waals surface area contributed by atoms with Gasteiger partial charge in [-0.1, -0.05) is 0 Å². The maximum absolute atomic E-state index is 11.6.